The van der Waals surface area contributed by atoms with E-state index in [4.69, 9.17) is 10.8 Å². The summed E-state index contributed by atoms with van der Waals surface area (Å²) in [5, 5.41) is 9.09. The van der Waals surface area contributed by atoms with E-state index >= 15 is 0 Å². The topological polar surface area (TPSA) is 83.6 Å². The molecule has 2 aliphatic rings. The van der Waals surface area contributed by atoms with Crippen LogP contribution in [-0.4, -0.2) is 40.5 Å². The van der Waals surface area contributed by atoms with Gasteiger partial charge in [-0.2, -0.15) is 0 Å². The third-order valence-corrected chi connectivity index (χ3v) is 4.52. The van der Waals surface area contributed by atoms with Crippen molar-refractivity contribution in [2.45, 2.75) is 51.0 Å². The summed E-state index contributed by atoms with van der Waals surface area (Å²) in [4.78, 5) is 25.3. The number of nitrogens with zero attached hydrogens (tertiary/aromatic N) is 1. The van der Waals surface area contributed by atoms with Crippen molar-refractivity contribution in [3.63, 3.8) is 0 Å². The largest absolute Gasteiger partial charge is 0.481 e. The molecule has 0 aromatic rings. The molecular formula is C14H24N2O3. The quantitative estimate of drug-likeness (QED) is 0.788. The molecule has 2 rings (SSSR count). The van der Waals surface area contributed by atoms with E-state index in [0.717, 1.165) is 32.1 Å². The summed E-state index contributed by atoms with van der Waals surface area (Å²) in [6, 6.07) is 0. The number of nitrogens with two attached hydrogens (primary N) is 1. The first-order chi connectivity index (χ1) is 8.92. The molecule has 108 valence electrons. The number of carbonyl (C=O) groups excluding carboxylic acids is 1. The highest BCUT2D eigenvalue weighted by Crippen LogP contribution is 2.32. The molecule has 1 aliphatic carbocycles. The van der Waals surface area contributed by atoms with E-state index in [1.54, 1.807) is 4.90 Å². The molecule has 0 radical (unpaired) electrons. The van der Waals surface area contributed by atoms with E-state index in [-0.39, 0.29) is 5.91 Å². The van der Waals surface area contributed by atoms with Gasteiger partial charge in [0.1, 0.15) is 0 Å². The maximum atomic E-state index is 12.6. The molecule has 1 heterocycles. The van der Waals surface area contributed by atoms with E-state index < -0.39 is 17.4 Å². The highest BCUT2D eigenvalue weighted by atomic mass is 16.4. The van der Waals surface area contributed by atoms with Crippen LogP contribution in [0.3, 0.4) is 0 Å². The molecule has 5 heteroatoms. The van der Waals surface area contributed by atoms with Crippen LogP contribution in [-0.2, 0) is 9.59 Å². The van der Waals surface area contributed by atoms with Gasteiger partial charge in [0.15, 0.2) is 0 Å². The van der Waals surface area contributed by atoms with Gasteiger partial charge in [0.25, 0.3) is 0 Å². The van der Waals surface area contributed by atoms with Crippen LogP contribution >= 0.6 is 0 Å². The Morgan fingerprint density at radius 3 is 2.68 bits per heavy atom. The lowest BCUT2D eigenvalue weighted by molar-refractivity contribution is -0.148. The van der Waals surface area contributed by atoms with Crippen LogP contribution in [0.1, 0.15) is 45.4 Å². The number of hydrogen-bond donors (Lipinski definition) is 2. The monoisotopic (exact) mass is 268 g/mol. The minimum atomic E-state index is -0.805. The molecule has 1 saturated heterocycles. The molecule has 0 aromatic carbocycles. The first-order valence-electron chi connectivity index (χ1n) is 7.23. The molecule has 5 nitrogen and oxygen atoms in total. The molecule has 0 spiro atoms. The normalized spacial score (nSPS) is 36.0. The van der Waals surface area contributed by atoms with Crippen molar-refractivity contribution in [1.82, 2.24) is 4.90 Å². The average molecular weight is 268 g/mol. The van der Waals surface area contributed by atoms with Crippen LogP contribution in [0.5, 0.6) is 0 Å². The molecule has 3 N–H and O–H groups in total. The Morgan fingerprint density at radius 2 is 2.05 bits per heavy atom. The summed E-state index contributed by atoms with van der Waals surface area (Å²) in [6.07, 6.45) is 4.98. The average Bonchev–Trinajstić information content (AvgIpc) is 2.37. The number of likely N-dealkylation sites (tertiary alicyclic amines) is 1. The first kappa shape index (κ1) is 14.3. The number of carbonyl (C=O) groups is 2. The fraction of sp³-hybridized carbons (Fsp3) is 0.857. The van der Waals surface area contributed by atoms with Gasteiger partial charge in [0, 0.05) is 13.1 Å². The van der Waals surface area contributed by atoms with Crippen molar-refractivity contribution in [1.29, 1.82) is 0 Å². The predicted octanol–water partition coefficient (Wildman–Crippen LogP) is 1.22. The minimum absolute atomic E-state index is 0.0370. The van der Waals surface area contributed by atoms with E-state index in [1.807, 2.05) is 0 Å². The Balaban J connectivity index is 2.04. The number of hydrogen-bond acceptors (Lipinski definition) is 3. The van der Waals surface area contributed by atoms with Crippen molar-refractivity contribution in [3.8, 4) is 0 Å². The Bertz CT molecular complexity index is 372. The zero-order chi connectivity index (χ0) is 14.0. The third-order valence-electron chi connectivity index (χ3n) is 4.52. The van der Waals surface area contributed by atoms with Crippen LogP contribution in [0.2, 0.25) is 0 Å². The molecule has 3 unspecified atom stereocenters. The van der Waals surface area contributed by atoms with Crippen LogP contribution in [0, 0.1) is 11.8 Å². The minimum Gasteiger partial charge on any atom is -0.481 e. The number of rotatable bonds is 2. The van der Waals surface area contributed by atoms with Gasteiger partial charge in [-0.15, -0.1) is 0 Å². The fourth-order valence-corrected chi connectivity index (χ4v) is 3.46. The number of carboxylic acid groups (broad SMARTS) is 1. The molecule has 19 heavy (non-hydrogen) atoms. The molecule has 2 fully saturated rings. The molecule has 0 bridgehead atoms. The number of amides is 1. The van der Waals surface area contributed by atoms with E-state index in [9.17, 15) is 9.59 Å². The van der Waals surface area contributed by atoms with Crippen LogP contribution < -0.4 is 5.73 Å². The second-order valence-electron chi connectivity index (χ2n) is 6.29. The molecule has 0 aromatic heterocycles. The summed E-state index contributed by atoms with van der Waals surface area (Å²) in [7, 11) is 0. The number of piperidine rings is 1. The summed E-state index contributed by atoms with van der Waals surface area (Å²) >= 11 is 0. The lowest BCUT2D eigenvalue weighted by atomic mass is 9.76. The van der Waals surface area contributed by atoms with Gasteiger partial charge in [-0.1, -0.05) is 19.8 Å². The lowest BCUT2D eigenvalue weighted by Crippen LogP contribution is -2.59. The molecule has 1 amide bonds. The van der Waals surface area contributed by atoms with Gasteiger partial charge >= 0.3 is 5.97 Å². The van der Waals surface area contributed by atoms with Crippen molar-refractivity contribution in [2.75, 3.05) is 13.1 Å². The molecule has 1 aliphatic heterocycles. The highest BCUT2D eigenvalue weighted by molar-refractivity contribution is 5.87. The van der Waals surface area contributed by atoms with Gasteiger partial charge < -0.3 is 15.7 Å². The molecular weight excluding hydrogens is 244 g/mol. The summed E-state index contributed by atoms with van der Waals surface area (Å²) in [6.45, 7) is 3.10. The smallest absolute Gasteiger partial charge is 0.308 e. The van der Waals surface area contributed by atoms with E-state index in [2.05, 4.69) is 6.92 Å². The summed E-state index contributed by atoms with van der Waals surface area (Å²) in [5.41, 5.74) is 5.54. The third kappa shape index (κ3) is 3.08. The maximum Gasteiger partial charge on any atom is 0.308 e. The van der Waals surface area contributed by atoms with Gasteiger partial charge in [0.05, 0.1) is 11.5 Å². The van der Waals surface area contributed by atoms with Crippen molar-refractivity contribution >= 4 is 11.9 Å². The summed E-state index contributed by atoms with van der Waals surface area (Å²) in [5.74, 6) is -0.796. The Hall–Kier alpha value is -1.10. The Kier molecular flexibility index (Phi) is 4.13. The molecule has 1 saturated carbocycles. The number of aliphatic carboxylic acids is 1. The second kappa shape index (κ2) is 5.49. The van der Waals surface area contributed by atoms with Gasteiger partial charge in [-0.05, 0) is 31.6 Å². The van der Waals surface area contributed by atoms with Crippen LogP contribution in [0.25, 0.3) is 0 Å². The van der Waals surface area contributed by atoms with E-state index in [0.29, 0.717) is 25.4 Å². The van der Waals surface area contributed by atoms with Gasteiger partial charge in [-0.3, -0.25) is 9.59 Å². The standard InChI is InChI=1S/C14H24N2O3/c1-10-4-2-6-14(15,8-10)13(19)16-7-3-5-11(9-16)12(17)18/h10-11H,2-9,15H2,1H3,(H,17,18). The summed E-state index contributed by atoms with van der Waals surface area (Å²) < 4.78 is 0. The van der Waals surface area contributed by atoms with Crippen molar-refractivity contribution in [2.24, 2.45) is 17.6 Å². The van der Waals surface area contributed by atoms with Gasteiger partial charge in [0.2, 0.25) is 5.91 Å². The predicted molar refractivity (Wildman–Crippen MR) is 71.5 cm³/mol. The van der Waals surface area contributed by atoms with Crippen LogP contribution in [0.15, 0.2) is 0 Å². The van der Waals surface area contributed by atoms with E-state index in [1.165, 1.54) is 0 Å². The van der Waals surface area contributed by atoms with Gasteiger partial charge in [-0.25, -0.2) is 0 Å². The van der Waals surface area contributed by atoms with Crippen molar-refractivity contribution in [3.05, 3.63) is 0 Å². The maximum absolute atomic E-state index is 12.6. The molecule has 3 atom stereocenters. The highest BCUT2D eigenvalue weighted by Gasteiger charge is 2.42. The fourth-order valence-electron chi connectivity index (χ4n) is 3.46. The zero-order valence-corrected chi connectivity index (χ0v) is 11.6. The lowest BCUT2D eigenvalue weighted by Gasteiger charge is -2.41. The second-order valence-corrected chi connectivity index (χ2v) is 6.29. The zero-order valence-electron chi connectivity index (χ0n) is 11.6. The Morgan fingerprint density at radius 1 is 1.32 bits per heavy atom. The van der Waals surface area contributed by atoms with Crippen LogP contribution in [0.4, 0.5) is 0 Å². The number of carboxylic acids is 1. The Labute approximate surface area is 114 Å². The first-order valence-corrected chi connectivity index (χ1v) is 7.23. The SMILES string of the molecule is CC1CCCC(N)(C(=O)N2CCCC(C(=O)O)C2)C1. The van der Waals surface area contributed by atoms with Crippen molar-refractivity contribution < 1.29 is 14.7 Å².